The van der Waals surface area contributed by atoms with E-state index in [0.29, 0.717) is 6.54 Å². The van der Waals surface area contributed by atoms with Crippen LogP contribution in [0.5, 0.6) is 0 Å². The van der Waals surface area contributed by atoms with Crippen molar-refractivity contribution >= 4 is 17.3 Å². The Kier molecular flexibility index (Phi) is 4.14. The van der Waals surface area contributed by atoms with Gasteiger partial charge in [-0.3, -0.25) is 4.79 Å². The Morgan fingerprint density at radius 2 is 2.05 bits per heavy atom. The zero-order chi connectivity index (χ0) is 15.5. The zero-order valence-corrected chi connectivity index (χ0v) is 13.2. The molecule has 0 spiro atoms. The van der Waals surface area contributed by atoms with E-state index in [9.17, 15) is 4.79 Å². The predicted octanol–water partition coefficient (Wildman–Crippen LogP) is 4.02. The van der Waals surface area contributed by atoms with Crippen LogP contribution in [-0.2, 0) is 6.42 Å². The lowest BCUT2D eigenvalue weighted by atomic mass is 9.96. The molecule has 114 valence electrons. The number of nitrogens with zero attached hydrogens (tertiary/aromatic N) is 1. The van der Waals surface area contributed by atoms with Crippen molar-refractivity contribution in [3.63, 3.8) is 0 Å². The summed E-state index contributed by atoms with van der Waals surface area (Å²) in [6.45, 7) is 5.73. The van der Waals surface area contributed by atoms with Crippen LogP contribution in [0.1, 0.15) is 34.8 Å². The number of anilines is 2. The summed E-state index contributed by atoms with van der Waals surface area (Å²) in [5, 5.41) is 3.39. The molecule has 2 aromatic carbocycles. The normalized spacial score (nSPS) is 13.2. The van der Waals surface area contributed by atoms with Gasteiger partial charge in [-0.05, 0) is 62.1 Å². The molecule has 3 nitrogen and oxygen atoms in total. The van der Waals surface area contributed by atoms with Crippen LogP contribution >= 0.6 is 0 Å². The van der Waals surface area contributed by atoms with Gasteiger partial charge in [0.25, 0.3) is 5.91 Å². The fraction of sp³-hybridized carbons (Fsp3) is 0.316. The molecule has 0 aromatic heterocycles. The summed E-state index contributed by atoms with van der Waals surface area (Å²) < 4.78 is 0. The smallest absolute Gasteiger partial charge is 0.258 e. The second-order valence-corrected chi connectivity index (χ2v) is 5.75. The Morgan fingerprint density at radius 1 is 1.23 bits per heavy atom. The summed E-state index contributed by atoms with van der Waals surface area (Å²) in [5.41, 5.74) is 5.23. The highest BCUT2D eigenvalue weighted by Gasteiger charge is 2.22. The minimum absolute atomic E-state index is 0.0913. The van der Waals surface area contributed by atoms with Crippen molar-refractivity contribution in [3.05, 3.63) is 59.2 Å². The standard InChI is InChI=1S/C19H22N2O/c1-3-21(15-8-4-7-14(2)13-15)19(22)17-9-5-11-18-16(17)10-6-12-20-18/h4-5,7-9,11,13,20H,3,6,10,12H2,1-2H3. The van der Waals surface area contributed by atoms with Gasteiger partial charge >= 0.3 is 0 Å². The van der Waals surface area contributed by atoms with Crippen LogP contribution < -0.4 is 10.2 Å². The number of hydrogen-bond donors (Lipinski definition) is 1. The van der Waals surface area contributed by atoms with Crippen LogP contribution in [0.25, 0.3) is 0 Å². The number of aryl methyl sites for hydroxylation is 1. The number of rotatable bonds is 3. The Hall–Kier alpha value is -2.29. The van der Waals surface area contributed by atoms with Gasteiger partial charge in [0, 0.05) is 30.0 Å². The minimum atomic E-state index is 0.0913. The molecule has 0 fully saturated rings. The molecule has 22 heavy (non-hydrogen) atoms. The van der Waals surface area contributed by atoms with Gasteiger partial charge in [-0.1, -0.05) is 18.2 Å². The molecule has 0 aliphatic carbocycles. The summed E-state index contributed by atoms with van der Waals surface area (Å²) in [4.78, 5) is 14.9. The van der Waals surface area contributed by atoms with Crippen molar-refractivity contribution in [2.45, 2.75) is 26.7 Å². The third-order valence-corrected chi connectivity index (χ3v) is 4.20. The van der Waals surface area contributed by atoms with E-state index in [2.05, 4.69) is 30.4 Å². The lowest BCUT2D eigenvalue weighted by Crippen LogP contribution is -2.32. The van der Waals surface area contributed by atoms with E-state index in [4.69, 9.17) is 0 Å². The van der Waals surface area contributed by atoms with Crippen molar-refractivity contribution in [2.24, 2.45) is 0 Å². The predicted molar refractivity (Wildman–Crippen MR) is 91.8 cm³/mol. The highest BCUT2D eigenvalue weighted by molar-refractivity contribution is 6.08. The zero-order valence-electron chi connectivity index (χ0n) is 13.2. The quantitative estimate of drug-likeness (QED) is 0.927. The second kappa shape index (κ2) is 6.22. The Labute approximate surface area is 132 Å². The first-order valence-corrected chi connectivity index (χ1v) is 7.95. The van der Waals surface area contributed by atoms with Crippen molar-refractivity contribution in [1.29, 1.82) is 0 Å². The second-order valence-electron chi connectivity index (χ2n) is 5.75. The van der Waals surface area contributed by atoms with Gasteiger partial charge in [0.05, 0.1) is 0 Å². The summed E-state index contributed by atoms with van der Waals surface area (Å²) in [6.07, 6.45) is 2.05. The summed E-state index contributed by atoms with van der Waals surface area (Å²) >= 11 is 0. The summed E-state index contributed by atoms with van der Waals surface area (Å²) in [7, 11) is 0. The maximum absolute atomic E-state index is 13.1. The molecule has 1 N–H and O–H groups in total. The minimum Gasteiger partial charge on any atom is -0.385 e. The van der Waals surface area contributed by atoms with Crippen LogP contribution in [-0.4, -0.2) is 19.0 Å². The number of amides is 1. The van der Waals surface area contributed by atoms with Crippen LogP contribution in [0, 0.1) is 6.92 Å². The molecule has 0 saturated carbocycles. The lowest BCUT2D eigenvalue weighted by Gasteiger charge is -2.25. The van der Waals surface area contributed by atoms with Gasteiger partial charge < -0.3 is 10.2 Å². The summed E-state index contributed by atoms with van der Waals surface area (Å²) in [5.74, 6) is 0.0913. The topological polar surface area (TPSA) is 32.3 Å². The maximum atomic E-state index is 13.1. The molecular weight excluding hydrogens is 272 g/mol. The molecule has 1 amide bonds. The van der Waals surface area contributed by atoms with E-state index in [0.717, 1.165) is 41.9 Å². The van der Waals surface area contributed by atoms with Crippen molar-refractivity contribution < 1.29 is 4.79 Å². The third kappa shape index (κ3) is 2.71. The molecule has 0 atom stereocenters. The van der Waals surface area contributed by atoms with E-state index in [-0.39, 0.29) is 5.91 Å². The van der Waals surface area contributed by atoms with Crippen molar-refractivity contribution in [1.82, 2.24) is 0 Å². The fourth-order valence-corrected chi connectivity index (χ4v) is 3.10. The first-order chi connectivity index (χ1) is 10.7. The van der Waals surface area contributed by atoms with Crippen LogP contribution in [0.15, 0.2) is 42.5 Å². The van der Waals surface area contributed by atoms with E-state index in [1.165, 1.54) is 5.56 Å². The molecule has 1 aliphatic rings. The Morgan fingerprint density at radius 3 is 2.82 bits per heavy atom. The molecule has 3 heteroatoms. The maximum Gasteiger partial charge on any atom is 0.258 e. The van der Waals surface area contributed by atoms with Crippen molar-refractivity contribution in [3.8, 4) is 0 Å². The Bertz CT molecular complexity index is 694. The van der Waals surface area contributed by atoms with Crippen molar-refractivity contribution in [2.75, 3.05) is 23.3 Å². The molecule has 1 heterocycles. The largest absolute Gasteiger partial charge is 0.385 e. The van der Waals surface area contributed by atoms with Crippen LogP contribution in [0.2, 0.25) is 0 Å². The fourth-order valence-electron chi connectivity index (χ4n) is 3.10. The average molecular weight is 294 g/mol. The van der Waals surface area contributed by atoms with Crippen LogP contribution in [0.4, 0.5) is 11.4 Å². The van der Waals surface area contributed by atoms with Gasteiger partial charge in [-0.2, -0.15) is 0 Å². The first-order valence-electron chi connectivity index (χ1n) is 7.95. The number of hydrogen-bond acceptors (Lipinski definition) is 2. The van der Waals surface area contributed by atoms with Gasteiger partial charge in [-0.25, -0.2) is 0 Å². The number of nitrogens with one attached hydrogen (secondary N) is 1. The number of benzene rings is 2. The SMILES string of the molecule is CCN(C(=O)c1cccc2c1CCCN2)c1cccc(C)c1. The molecule has 2 aromatic rings. The average Bonchev–Trinajstić information content (AvgIpc) is 2.55. The molecule has 3 rings (SSSR count). The number of carbonyl (C=O) groups is 1. The van der Waals surface area contributed by atoms with E-state index in [1.807, 2.05) is 36.1 Å². The highest BCUT2D eigenvalue weighted by Crippen LogP contribution is 2.27. The van der Waals surface area contributed by atoms with E-state index >= 15 is 0 Å². The first kappa shape index (κ1) is 14.6. The molecule has 0 bridgehead atoms. The lowest BCUT2D eigenvalue weighted by molar-refractivity contribution is 0.0987. The monoisotopic (exact) mass is 294 g/mol. The van der Waals surface area contributed by atoms with E-state index < -0.39 is 0 Å². The summed E-state index contributed by atoms with van der Waals surface area (Å²) in [6, 6.07) is 14.1. The highest BCUT2D eigenvalue weighted by atomic mass is 16.2. The molecule has 1 aliphatic heterocycles. The third-order valence-electron chi connectivity index (χ3n) is 4.20. The van der Waals surface area contributed by atoms with Gasteiger partial charge in [-0.15, -0.1) is 0 Å². The molecule has 0 radical (unpaired) electrons. The van der Waals surface area contributed by atoms with Gasteiger partial charge in [0.2, 0.25) is 0 Å². The number of fused-ring (bicyclic) bond motifs is 1. The Balaban J connectivity index is 1.99. The van der Waals surface area contributed by atoms with Gasteiger partial charge in [0.15, 0.2) is 0 Å². The molecular formula is C19H22N2O. The number of carbonyl (C=O) groups excluding carboxylic acids is 1. The van der Waals surface area contributed by atoms with Gasteiger partial charge in [0.1, 0.15) is 0 Å². The van der Waals surface area contributed by atoms with E-state index in [1.54, 1.807) is 0 Å². The van der Waals surface area contributed by atoms with Crippen LogP contribution in [0.3, 0.4) is 0 Å². The molecule has 0 saturated heterocycles. The molecule has 0 unspecified atom stereocenters.